The highest BCUT2D eigenvalue weighted by Crippen LogP contribution is 2.48. The number of hydrogen-bond acceptors (Lipinski definition) is 4. The summed E-state index contributed by atoms with van der Waals surface area (Å²) in [5.74, 6) is -0.233. The van der Waals surface area contributed by atoms with Crippen molar-refractivity contribution in [3.8, 4) is 0 Å². The average Bonchev–Trinajstić information content (AvgIpc) is 3.18. The number of carbonyl (C=O) groups excluding carboxylic acids is 1. The van der Waals surface area contributed by atoms with E-state index < -0.39 is 11.8 Å². The van der Waals surface area contributed by atoms with Gasteiger partial charge in [0.25, 0.3) is 0 Å². The quantitative estimate of drug-likeness (QED) is 0.368. The summed E-state index contributed by atoms with van der Waals surface area (Å²) in [6.07, 6.45) is -2.00. The Kier molecular flexibility index (Phi) is 7.50. The van der Waals surface area contributed by atoms with Gasteiger partial charge in [-0.25, -0.2) is 0 Å². The Balaban J connectivity index is 1.93. The number of hydrazine groups is 1. The van der Waals surface area contributed by atoms with Crippen LogP contribution in [0.2, 0.25) is 15.1 Å². The third-order valence-electron chi connectivity index (χ3n) is 4.75. The van der Waals surface area contributed by atoms with Gasteiger partial charge in [0.05, 0.1) is 16.4 Å². The zero-order chi connectivity index (χ0) is 23.5. The van der Waals surface area contributed by atoms with Crippen molar-refractivity contribution in [2.75, 3.05) is 5.43 Å². The smallest absolute Gasteiger partial charge is 0.297 e. The van der Waals surface area contributed by atoms with Gasteiger partial charge in [0.2, 0.25) is 11.5 Å². The lowest BCUT2D eigenvalue weighted by atomic mass is 9.91. The van der Waals surface area contributed by atoms with Crippen molar-refractivity contribution in [1.82, 2.24) is 10.9 Å². The minimum atomic E-state index is -4.82. The molecule has 0 fully saturated rings. The predicted octanol–water partition coefficient (Wildman–Crippen LogP) is 6.61. The number of nitrogens with one attached hydrogen (secondary N) is 3. The maximum Gasteiger partial charge on any atom is 0.428 e. The molecule has 1 aliphatic heterocycles. The van der Waals surface area contributed by atoms with Crippen molar-refractivity contribution < 1.29 is 22.8 Å². The van der Waals surface area contributed by atoms with Crippen molar-refractivity contribution >= 4 is 52.1 Å². The molecule has 0 aromatic heterocycles. The highest BCUT2D eigenvalue weighted by atomic mass is 35.5. The van der Waals surface area contributed by atoms with Crippen LogP contribution in [0, 0.1) is 0 Å². The highest BCUT2D eigenvalue weighted by molar-refractivity contribution is 6.34. The molecule has 1 unspecified atom stereocenters. The lowest BCUT2D eigenvalue weighted by molar-refractivity contribution is -0.269. The second-order valence-electron chi connectivity index (χ2n) is 7.13. The first-order chi connectivity index (χ1) is 15.1. The van der Waals surface area contributed by atoms with Crippen molar-refractivity contribution in [3.63, 3.8) is 0 Å². The monoisotopic (exact) mass is 507 g/mol. The molecule has 1 heterocycles. The molecule has 32 heavy (non-hydrogen) atoms. The molecule has 2 aromatic carbocycles. The number of hydrogen-bond donors (Lipinski definition) is 3. The van der Waals surface area contributed by atoms with Crippen LogP contribution in [0.4, 0.5) is 18.9 Å². The molecule has 172 valence electrons. The van der Waals surface area contributed by atoms with Crippen LogP contribution in [0.1, 0.15) is 37.3 Å². The molecule has 11 heteroatoms. The summed E-state index contributed by atoms with van der Waals surface area (Å²) in [5.41, 5.74) is 5.19. The van der Waals surface area contributed by atoms with Gasteiger partial charge in [-0.15, -0.1) is 0 Å². The number of anilines is 1. The zero-order valence-corrected chi connectivity index (χ0v) is 19.0. The van der Waals surface area contributed by atoms with Crippen molar-refractivity contribution in [3.05, 3.63) is 68.7 Å². The largest absolute Gasteiger partial charge is 0.428 e. The average molecular weight is 509 g/mol. The Bertz CT molecular complexity index is 1030. The number of carbonyl (C=O) groups is 1. The minimum absolute atomic E-state index is 0.0402. The van der Waals surface area contributed by atoms with Gasteiger partial charge in [-0.3, -0.25) is 26.0 Å². The number of amides is 1. The molecule has 0 aliphatic carbocycles. The van der Waals surface area contributed by atoms with E-state index in [4.69, 9.17) is 39.6 Å². The molecular weight excluding hydrogens is 490 g/mol. The predicted molar refractivity (Wildman–Crippen MR) is 119 cm³/mol. The Morgan fingerprint density at radius 1 is 1.12 bits per heavy atom. The Labute approximate surface area is 197 Å². The van der Waals surface area contributed by atoms with E-state index in [9.17, 15) is 18.0 Å². The number of benzene rings is 2. The molecule has 3 N–H and O–H groups in total. The van der Waals surface area contributed by atoms with Gasteiger partial charge in [-0.1, -0.05) is 54.2 Å². The third-order valence-corrected chi connectivity index (χ3v) is 5.52. The van der Waals surface area contributed by atoms with E-state index in [0.29, 0.717) is 17.7 Å². The van der Waals surface area contributed by atoms with Gasteiger partial charge in [0.15, 0.2) is 0 Å². The molecule has 1 atom stereocenters. The van der Waals surface area contributed by atoms with Gasteiger partial charge in [0.1, 0.15) is 0 Å². The standard InChI is InChI=1S/C21H19Cl3F3N3O2/c1-2-3-4-19(31)29-28-17-7-12(5-6-16(17)24)18-11-20(32-30-18,21(25,26)27)13-8-14(22)10-15(23)9-13/h5-11,28,30H,2-4H2,1H3,(H,29,31). The lowest BCUT2D eigenvalue weighted by Crippen LogP contribution is -2.42. The maximum absolute atomic E-state index is 14.1. The van der Waals surface area contributed by atoms with E-state index >= 15 is 0 Å². The van der Waals surface area contributed by atoms with Gasteiger partial charge >= 0.3 is 6.18 Å². The molecule has 1 aliphatic rings. The third kappa shape index (κ3) is 5.26. The second-order valence-corrected chi connectivity index (χ2v) is 8.41. The summed E-state index contributed by atoms with van der Waals surface area (Å²) in [6.45, 7) is 1.96. The van der Waals surface area contributed by atoms with Crippen LogP contribution in [0.5, 0.6) is 0 Å². The summed E-state index contributed by atoms with van der Waals surface area (Å²) >= 11 is 18.0. The number of hydroxylamine groups is 1. The first-order valence-electron chi connectivity index (χ1n) is 9.60. The molecule has 0 radical (unpaired) electrons. The van der Waals surface area contributed by atoms with Crippen LogP contribution in [-0.2, 0) is 15.2 Å². The number of alkyl halides is 3. The Hall–Kier alpha value is -2.13. The minimum Gasteiger partial charge on any atom is -0.297 e. The Morgan fingerprint density at radius 3 is 2.44 bits per heavy atom. The van der Waals surface area contributed by atoms with Crippen LogP contribution in [0.15, 0.2) is 42.5 Å². The molecule has 0 saturated heterocycles. The molecule has 2 aromatic rings. The van der Waals surface area contributed by atoms with Crippen LogP contribution < -0.4 is 16.3 Å². The second kappa shape index (κ2) is 9.79. The number of rotatable bonds is 7. The van der Waals surface area contributed by atoms with E-state index in [1.54, 1.807) is 0 Å². The first-order valence-corrected chi connectivity index (χ1v) is 10.7. The fraction of sp³-hybridized carbons (Fsp3) is 0.286. The van der Waals surface area contributed by atoms with Crippen LogP contribution in [0.25, 0.3) is 5.70 Å². The van der Waals surface area contributed by atoms with E-state index in [0.717, 1.165) is 31.1 Å². The highest BCUT2D eigenvalue weighted by Gasteiger charge is 2.59. The summed E-state index contributed by atoms with van der Waals surface area (Å²) in [5, 5.41) is 0.351. The summed E-state index contributed by atoms with van der Waals surface area (Å²) in [7, 11) is 0. The van der Waals surface area contributed by atoms with E-state index in [1.165, 1.54) is 24.3 Å². The van der Waals surface area contributed by atoms with E-state index in [2.05, 4.69) is 16.3 Å². The van der Waals surface area contributed by atoms with Crippen molar-refractivity contribution in [2.45, 2.75) is 38.0 Å². The zero-order valence-electron chi connectivity index (χ0n) is 16.7. The molecule has 0 spiro atoms. The van der Waals surface area contributed by atoms with E-state index in [-0.39, 0.29) is 32.2 Å². The lowest BCUT2D eigenvalue weighted by Gasteiger charge is -2.28. The van der Waals surface area contributed by atoms with Gasteiger partial charge in [-0.05, 0) is 42.8 Å². The fourth-order valence-corrected chi connectivity index (χ4v) is 3.77. The van der Waals surface area contributed by atoms with Gasteiger partial charge < -0.3 is 0 Å². The van der Waals surface area contributed by atoms with Crippen LogP contribution in [-0.4, -0.2) is 12.1 Å². The topological polar surface area (TPSA) is 62.4 Å². The number of unbranched alkanes of at least 4 members (excludes halogenated alkanes) is 1. The molecule has 3 rings (SSSR count). The molecule has 1 amide bonds. The van der Waals surface area contributed by atoms with Crippen LogP contribution in [0.3, 0.4) is 0 Å². The first kappa shape index (κ1) is 24.5. The fourth-order valence-electron chi connectivity index (χ4n) is 3.08. The van der Waals surface area contributed by atoms with Gasteiger partial charge in [-0.2, -0.15) is 13.2 Å². The van der Waals surface area contributed by atoms with Crippen molar-refractivity contribution in [2.24, 2.45) is 0 Å². The van der Waals surface area contributed by atoms with E-state index in [1.807, 2.05) is 6.92 Å². The molecule has 0 saturated carbocycles. The summed E-state index contributed by atoms with van der Waals surface area (Å²) in [4.78, 5) is 16.9. The molecular formula is C21H19Cl3F3N3O2. The summed E-state index contributed by atoms with van der Waals surface area (Å²) in [6, 6.07) is 8.11. The van der Waals surface area contributed by atoms with Crippen molar-refractivity contribution in [1.29, 1.82) is 0 Å². The van der Waals surface area contributed by atoms with Gasteiger partial charge in [0, 0.05) is 27.6 Å². The normalized spacial score (nSPS) is 18.2. The van der Waals surface area contributed by atoms with Crippen LogP contribution >= 0.6 is 34.8 Å². The summed E-state index contributed by atoms with van der Waals surface area (Å²) < 4.78 is 42.4. The SMILES string of the molecule is CCCCC(=O)NNc1cc(C2=CC(c3cc(Cl)cc(Cl)c3)(C(F)(F)F)ON2)ccc1Cl. The Morgan fingerprint density at radius 2 is 1.81 bits per heavy atom. The number of halogens is 6. The maximum atomic E-state index is 14.1. The molecule has 5 nitrogen and oxygen atoms in total. The molecule has 0 bridgehead atoms.